The molecule has 0 spiro atoms. The molecule has 2 nitrogen and oxygen atoms in total. The number of allylic oxidation sites excluding steroid dienone is 2. The minimum absolute atomic E-state index is 0.418. The third kappa shape index (κ3) is 2.45. The highest BCUT2D eigenvalue weighted by atomic mass is 28.3. The van der Waals surface area contributed by atoms with E-state index in [9.17, 15) is 0 Å². The molecular formula is C15H30O2Si. The van der Waals surface area contributed by atoms with Gasteiger partial charge in [0.2, 0.25) is 0 Å². The van der Waals surface area contributed by atoms with E-state index in [0.717, 1.165) is 12.3 Å². The van der Waals surface area contributed by atoms with Crippen molar-refractivity contribution in [3.63, 3.8) is 0 Å². The Balaban J connectivity index is 3.21. The molecule has 0 fully saturated rings. The first-order valence-electron chi connectivity index (χ1n) is 7.42. The first kappa shape index (κ1) is 15.9. The van der Waals surface area contributed by atoms with Gasteiger partial charge in [0.1, 0.15) is 0 Å². The molecule has 1 atom stereocenters. The topological polar surface area (TPSA) is 18.5 Å². The third-order valence-corrected chi connectivity index (χ3v) is 7.07. The van der Waals surface area contributed by atoms with E-state index in [2.05, 4.69) is 27.7 Å². The molecule has 0 bridgehead atoms. The van der Waals surface area contributed by atoms with Crippen LogP contribution in [0.25, 0.3) is 0 Å². The number of hydrogen-bond acceptors (Lipinski definition) is 2. The van der Waals surface area contributed by atoms with Crippen molar-refractivity contribution >= 4 is 9.28 Å². The fraction of sp³-hybridized carbons (Fsp3) is 0.867. The van der Waals surface area contributed by atoms with Crippen LogP contribution >= 0.6 is 0 Å². The van der Waals surface area contributed by atoms with E-state index in [0.29, 0.717) is 5.41 Å². The van der Waals surface area contributed by atoms with Crippen LogP contribution in [0.5, 0.6) is 0 Å². The Bertz CT molecular complexity index is 291. The maximum absolute atomic E-state index is 5.65. The second kappa shape index (κ2) is 6.87. The smallest absolute Gasteiger partial charge is 0.351 e. The highest BCUT2D eigenvalue weighted by molar-refractivity contribution is 6.54. The summed E-state index contributed by atoms with van der Waals surface area (Å²) in [5.74, 6) is 0.790. The lowest BCUT2D eigenvalue weighted by Crippen LogP contribution is -2.27. The van der Waals surface area contributed by atoms with Crippen molar-refractivity contribution in [3.8, 4) is 0 Å². The van der Waals surface area contributed by atoms with Gasteiger partial charge >= 0.3 is 9.28 Å². The summed E-state index contributed by atoms with van der Waals surface area (Å²) in [5, 5.41) is 1.55. The van der Waals surface area contributed by atoms with Crippen molar-refractivity contribution in [2.75, 3.05) is 14.2 Å². The Morgan fingerprint density at radius 1 is 1.11 bits per heavy atom. The summed E-state index contributed by atoms with van der Waals surface area (Å²) < 4.78 is 11.3. The van der Waals surface area contributed by atoms with Gasteiger partial charge in [-0.05, 0) is 42.2 Å². The summed E-state index contributed by atoms with van der Waals surface area (Å²) in [6.45, 7) is 9.32. The lowest BCUT2D eigenvalue weighted by molar-refractivity contribution is 0.204. The van der Waals surface area contributed by atoms with E-state index in [1.165, 1.54) is 25.7 Å². The molecule has 3 heteroatoms. The van der Waals surface area contributed by atoms with Crippen LogP contribution in [0.4, 0.5) is 0 Å². The lowest BCUT2D eigenvalue weighted by Gasteiger charge is -2.36. The van der Waals surface area contributed by atoms with Gasteiger partial charge in [-0.2, -0.15) is 0 Å². The Hall–Kier alpha value is -0.123. The predicted octanol–water partition coefficient (Wildman–Crippen LogP) is 3.98. The molecule has 0 aromatic heterocycles. The molecule has 1 rings (SSSR count). The molecule has 0 aromatic carbocycles. The molecular weight excluding hydrogens is 240 g/mol. The van der Waals surface area contributed by atoms with Crippen LogP contribution in [0.2, 0.25) is 0 Å². The molecule has 0 amide bonds. The Kier molecular flexibility index (Phi) is 6.08. The fourth-order valence-corrected chi connectivity index (χ4v) is 6.15. The van der Waals surface area contributed by atoms with Crippen LogP contribution in [0, 0.1) is 11.3 Å². The van der Waals surface area contributed by atoms with Crippen molar-refractivity contribution in [1.82, 2.24) is 0 Å². The van der Waals surface area contributed by atoms with Crippen LogP contribution in [0.15, 0.2) is 10.8 Å². The average Bonchev–Trinajstić information content (AvgIpc) is 2.74. The van der Waals surface area contributed by atoms with E-state index in [4.69, 9.17) is 8.85 Å². The van der Waals surface area contributed by atoms with Crippen molar-refractivity contribution in [3.05, 3.63) is 10.8 Å². The zero-order valence-corrected chi connectivity index (χ0v) is 14.2. The SMILES string of the molecule is CCC1=C([SiH](OC)OC)CC(CC)C1(CC)CC. The van der Waals surface area contributed by atoms with Gasteiger partial charge in [-0.1, -0.05) is 39.7 Å². The molecule has 1 aliphatic carbocycles. The Morgan fingerprint density at radius 3 is 2.00 bits per heavy atom. The predicted molar refractivity (Wildman–Crippen MR) is 79.9 cm³/mol. The molecule has 0 saturated heterocycles. The summed E-state index contributed by atoms with van der Waals surface area (Å²) in [6, 6.07) is 0. The monoisotopic (exact) mass is 270 g/mol. The van der Waals surface area contributed by atoms with Gasteiger partial charge in [0.05, 0.1) is 0 Å². The average molecular weight is 270 g/mol. The minimum Gasteiger partial charge on any atom is -0.397 e. The second-order valence-electron chi connectivity index (χ2n) is 5.33. The fourth-order valence-electron chi connectivity index (χ4n) is 4.14. The van der Waals surface area contributed by atoms with Gasteiger partial charge in [0, 0.05) is 14.2 Å². The maximum Gasteiger partial charge on any atom is 0.351 e. The minimum atomic E-state index is -1.60. The van der Waals surface area contributed by atoms with Crippen molar-refractivity contribution in [1.29, 1.82) is 0 Å². The summed E-state index contributed by atoms with van der Waals surface area (Å²) in [7, 11) is 2.01. The molecule has 18 heavy (non-hydrogen) atoms. The highest BCUT2D eigenvalue weighted by Crippen LogP contribution is 2.55. The van der Waals surface area contributed by atoms with E-state index >= 15 is 0 Å². The first-order chi connectivity index (χ1) is 8.64. The molecule has 0 aliphatic heterocycles. The highest BCUT2D eigenvalue weighted by Gasteiger charge is 2.46. The van der Waals surface area contributed by atoms with E-state index in [1.54, 1.807) is 25.0 Å². The summed E-state index contributed by atoms with van der Waals surface area (Å²) in [6.07, 6.45) is 6.14. The van der Waals surface area contributed by atoms with Gasteiger partial charge in [0.25, 0.3) is 0 Å². The Morgan fingerprint density at radius 2 is 1.67 bits per heavy atom. The maximum atomic E-state index is 5.65. The Labute approximate surface area is 115 Å². The van der Waals surface area contributed by atoms with Crippen molar-refractivity contribution < 1.29 is 8.85 Å². The van der Waals surface area contributed by atoms with Gasteiger partial charge in [-0.15, -0.1) is 0 Å². The van der Waals surface area contributed by atoms with Gasteiger partial charge < -0.3 is 8.85 Å². The van der Waals surface area contributed by atoms with Crippen LogP contribution in [0.1, 0.15) is 59.8 Å². The molecule has 1 aliphatic rings. The molecule has 106 valence electrons. The zero-order chi connectivity index (χ0) is 13.8. The largest absolute Gasteiger partial charge is 0.397 e. The summed E-state index contributed by atoms with van der Waals surface area (Å²) >= 11 is 0. The van der Waals surface area contributed by atoms with Crippen molar-refractivity contribution in [2.24, 2.45) is 11.3 Å². The summed E-state index contributed by atoms with van der Waals surface area (Å²) in [4.78, 5) is 0. The molecule has 0 saturated carbocycles. The van der Waals surface area contributed by atoms with E-state index in [-0.39, 0.29) is 0 Å². The standard InChI is InChI=1S/C15H30O2Si/c1-7-12-11-14(18(16-5)17-6)13(8-2)15(12,9-3)10-4/h12,18H,7-11H2,1-6H3. The quantitative estimate of drug-likeness (QED) is 0.651. The summed E-state index contributed by atoms with van der Waals surface area (Å²) in [5.41, 5.74) is 2.08. The third-order valence-electron chi connectivity index (χ3n) is 5.06. The zero-order valence-electron chi connectivity index (χ0n) is 13.0. The number of hydrogen-bond donors (Lipinski definition) is 0. The second-order valence-corrected chi connectivity index (χ2v) is 7.64. The van der Waals surface area contributed by atoms with Gasteiger partial charge in [0.15, 0.2) is 0 Å². The molecule has 0 aromatic rings. The number of rotatable bonds is 7. The molecule has 0 N–H and O–H groups in total. The van der Waals surface area contributed by atoms with E-state index < -0.39 is 9.28 Å². The molecule has 0 heterocycles. The van der Waals surface area contributed by atoms with Crippen molar-refractivity contribution in [2.45, 2.75) is 59.8 Å². The molecule has 0 radical (unpaired) electrons. The van der Waals surface area contributed by atoms with E-state index in [1.807, 2.05) is 0 Å². The normalized spacial score (nSPS) is 23.2. The van der Waals surface area contributed by atoms with Crippen LogP contribution in [-0.4, -0.2) is 23.5 Å². The van der Waals surface area contributed by atoms with Gasteiger partial charge in [-0.3, -0.25) is 0 Å². The van der Waals surface area contributed by atoms with Gasteiger partial charge in [-0.25, -0.2) is 0 Å². The van der Waals surface area contributed by atoms with Crippen LogP contribution < -0.4 is 0 Å². The van der Waals surface area contributed by atoms with Crippen LogP contribution in [0.3, 0.4) is 0 Å². The lowest BCUT2D eigenvalue weighted by atomic mass is 9.68. The molecule has 1 unspecified atom stereocenters. The van der Waals surface area contributed by atoms with Crippen LogP contribution in [-0.2, 0) is 8.85 Å². The first-order valence-corrected chi connectivity index (χ1v) is 8.94.